The van der Waals surface area contributed by atoms with Crippen LogP contribution in [0.15, 0.2) is 18.2 Å². The summed E-state index contributed by atoms with van der Waals surface area (Å²) in [5.74, 6) is -1.93. The second-order valence-corrected chi connectivity index (χ2v) is 2.95. The minimum Gasteiger partial charge on any atom is -0.494 e. The van der Waals surface area contributed by atoms with Gasteiger partial charge in [-0.3, -0.25) is 0 Å². The van der Waals surface area contributed by atoms with Crippen LogP contribution in [0, 0.1) is 11.6 Å². The van der Waals surface area contributed by atoms with Crippen molar-refractivity contribution in [2.24, 2.45) is 0 Å². The van der Waals surface area contributed by atoms with Gasteiger partial charge in [0.1, 0.15) is 0 Å². The lowest BCUT2D eigenvalue weighted by Gasteiger charge is -2.04. The standard InChI is InChI=1S/C11H13F2NO/c1-14-7-3-4-8-5-6-9(15-2)11(13)10(8)12/h3-6,14H,7H2,1-2H3. The van der Waals surface area contributed by atoms with Gasteiger partial charge in [-0.2, -0.15) is 4.39 Å². The smallest absolute Gasteiger partial charge is 0.201 e. The Morgan fingerprint density at radius 2 is 2.07 bits per heavy atom. The maximum atomic E-state index is 13.3. The topological polar surface area (TPSA) is 21.3 Å². The number of likely N-dealkylation sites (N-methyl/N-ethyl adjacent to an activating group) is 1. The van der Waals surface area contributed by atoms with E-state index in [2.05, 4.69) is 10.1 Å². The van der Waals surface area contributed by atoms with Gasteiger partial charge < -0.3 is 10.1 Å². The Morgan fingerprint density at radius 1 is 1.33 bits per heavy atom. The molecule has 0 aliphatic rings. The third-order valence-electron chi connectivity index (χ3n) is 1.92. The molecule has 0 bridgehead atoms. The van der Waals surface area contributed by atoms with E-state index in [-0.39, 0.29) is 11.3 Å². The second-order valence-electron chi connectivity index (χ2n) is 2.95. The van der Waals surface area contributed by atoms with E-state index in [1.807, 2.05) is 0 Å². The summed E-state index contributed by atoms with van der Waals surface area (Å²) in [5.41, 5.74) is 0.212. The average molecular weight is 213 g/mol. The molecule has 1 rings (SSSR count). The number of rotatable bonds is 4. The van der Waals surface area contributed by atoms with Crippen molar-refractivity contribution in [1.82, 2.24) is 5.32 Å². The van der Waals surface area contributed by atoms with E-state index >= 15 is 0 Å². The fourth-order valence-electron chi connectivity index (χ4n) is 1.14. The number of methoxy groups -OCH3 is 1. The largest absolute Gasteiger partial charge is 0.494 e. The highest BCUT2D eigenvalue weighted by Crippen LogP contribution is 2.22. The SMILES string of the molecule is CNCC=Cc1ccc(OC)c(F)c1F. The van der Waals surface area contributed by atoms with Crippen molar-refractivity contribution in [3.05, 3.63) is 35.4 Å². The van der Waals surface area contributed by atoms with Gasteiger partial charge >= 0.3 is 0 Å². The third kappa shape index (κ3) is 2.76. The molecule has 15 heavy (non-hydrogen) atoms. The highest BCUT2D eigenvalue weighted by Gasteiger charge is 2.11. The van der Waals surface area contributed by atoms with Gasteiger partial charge in [-0.25, -0.2) is 4.39 Å². The molecular weight excluding hydrogens is 200 g/mol. The molecule has 0 unspecified atom stereocenters. The molecule has 0 aromatic heterocycles. The normalized spacial score (nSPS) is 10.9. The molecule has 0 saturated heterocycles. The van der Waals surface area contributed by atoms with Crippen LogP contribution in [0.4, 0.5) is 8.78 Å². The Bertz CT molecular complexity index is 364. The quantitative estimate of drug-likeness (QED) is 0.827. The van der Waals surface area contributed by atoms with Gasteiger partial charge in [-0.1, -0.05) is 12.2 Å². The summed E-state index contributed by atoms with van der Waals surface area (Å²) in [7, 11) is 3.07. The summed E-state index contributed by atoms with van der Waals surface area (Å²) in [6.07, 6.45) is 3.23. The highest BCUT2D eigenvalue weighted by atomic mass is 19.2. The van der Waals surface area contributed by atoms with Crippen LogP contribution in [0.5, 0.6) is 5.75 Å². The Labute approximate surface area is 87.6 Å². The van der Waals surface area contributed by atoms with Gasteiger partial charge in [0.05, 0.1) is 7.11 Å². The van der Waals surface area contributed by atoms with Crippen LogP contribution in [0.1, 0.15) is 5.56 Å². The third-order valence-corrected chi connectivity index (χ3v) is 1.92. The van der Waals surface area contributed by atoms with Crippen molar-refractivity contribution >= 4 is 6.08 Å². The molecule has 4 heteroatoms. The fourth-order valence-corrected chi connectivity index (χ4v) is 1.14. The van der Waals surface area contributed by atoms with E-state index in [4.69, 9.17) is 0 Å². The van der Waals surface area contributed by atoms with Crippen LogP contribution >= 0.6 is 0 Å². The summed E-state index contributed by atoms with van der Waals surface area (Å²) in [4.78, 5) is 0. The summed E-state index contributed by atoms with van der Waals surface area (Å²) in [6, 6.07) is 2.88. The molecule has 82 valence electrons. The van der Waals surface area contributed by atoms with E-state index < -0.39 is 11.6 Å². The van der Waals surface area contributed by atoms with Crippen LogP contribution in [-0.4, -0.2) is 20.7 Å². The molecule has 0 fully saturated rings. The number of halogens is 2. The molecule has 0 radical (unpaired) electrons. The van der Waals surface area contributed by atoms with E-state index in [9.17, 15) is 8.78 Å². The zero-order chi connectivity index (χ0) is 11.3. The lowest BCUT2D eigenvalue weighted by molar-refractivity contribution is 0.371. The van der Waals surface area contributed by atoms with Gasteiger partial charge in [0.2, 0.25) is 5.82 Å². The molecule has 0 atom stereocenters. The highest BCUT2D eigenvalue weighted by molar-refractivity contribution is 5.52. The van der Waals surface area contributed by atoms with Gasteiger partial charge in [0, 0.05) is 12.1 Å². The first-order chi connectivity index (χ1) is 7.20. The molecular formula is C11H13F2NO. The summed E-state index contributed by atoms with van der Waals surface area (Å²) >= 11 is 0. The first kappa shape index (κ1) is 11.7. The molecule has 1 aromatic rings. The van der Waals surface area contributed by atoms with Crippen LogP contribution in [0.25, 0.3) is 6.08 Å². The Kier molecular flexibility index (Phi) is 4.24. The molecule has 0 heterocycles. The van der Waals surface area contributed by atoms with Crippen LogP contribution in [0.3, 0.4) is 0 Å². The minimum atomic E-state index is -0.955. The number of benzene rings is 1. The first-order valence-electron chi connectivity index (χ1n) is 4.53. The molecule has 0 amide bonds. The Morgan fingerprint density at radius 3 is 2.67 bits per heavy atom. The lowest BCUT2D eigenvalue weighted by Crippen LogP contribution is -2.03. The van der Waals surface area contributed by atoms with Crippen LogP contribution in [0.2, 0.25) is 0 Å². The number of hydrogen-bond donors (Lipinski definition) is 1. The van der Waals surface area contributed by atoms with Crippen molar-refractivity contribution in [3.63, 3.8) is 0 Å². The van der Waals surface area contributed by atoms with E-state index in [0.29, 0.717) is 6.54 Å². The predicted molar refractivity (Wildman–Crippen MR) is 55.9 cm³/mol. The molecule has 0 saturated carbocycles. The monoisotopic (exact) mass is 213 g/mol. The maximum absolute atomic E-state index is 13.3. The summed E-state index contributed by atoms with van der Waals surface area (Å²) < 4.78 is 31.2. The molecule has 0 aliphatic heterocycles. The minimum absolute atomic E-state index is 0.0849. The van der Waals surface area contributed by atoms with Gasteiger partial charge in [0.15, 0.2) is 11.6 Å². The maximum Gasteiger partial charge on any atom is 0.201 e. The van der Waals surface area contributed by atoms with E-state index in [1.165, 1.54) is 25.3 Å². The molecule has 0 aliphatic carbocycles. The molecule has 2 nitrogen and oxygen atoms in total. The average Bonchev–Trinajstić information content (AvgIpc) is 2.25. The van der Waals surface area contributed by atoms with E-state index in [1.54, 1.807) is 13.1 Å². The number of hydrogen-bond acceptors (Lipinski definition) is 2. The van der Waals surface area contributed by atoms with E-state index in [0.717, 1.165) is 0 Å². The first-order valence-corrected chi connectivity index (χ1v) is 4.53. The van der Waals surface area contributed by atoms with Crippen molar-refractivity contribution in [2.75, 3.05) is 20.7 Å². The molecule has 1 N–H and O–H groups in total. The number of ether oxygens (including phenoxy) is 1. The van der Waals surface area contributed by atoms with Crippen LogP contribution in [-0.2, 0) is 0 Å². The molecule has 1 aromatic carbocycles. The zero-order valence-electron chi connectivity index (χ0n) is 8.68. The van der Waals surface area contributed by atoms with Crippen molar-refractivity contribution in [3.8, 4) is 5.75 Å². The summed E-state index contributed by atoms with van der Waals surface area (Å²) in [5, 5.41) is 2.87. The Balaban J connectivity index is 2.96. The predicted octanol–water partition coefficient (Wildman–Crippen LogP) is 2.21. The summed E-state index contributed by atoms with van der Waals surface area (Å²) in [6.45, 7) is 0.604. The van der Waals surface area contributed by atoms with Gasteiger partial charge in [-0.05, 0) is 19.2 Å². The fraction of sp³-hybridized carbons (Fsp3) is 0.273. The van der Waals surface area contributed by atoms with Crippen molar-refractivity contribution in [2.45, 2.75) is 0 Å². The second kappa shape index (κ2) is 5.46. The van der Waals surface area contributed by atoms with Gasteiger partial charge in [0.25, 0.3) is 0 Å². The molecule has 0 spiro atoms. The lowest BCUT2D eigenvalue weighted by atomic mass is 10.2. The Hall–Kier alpha value is -1.42. The number of nitrogens with one attached hydrogen (secondary N) is 1. The van der Waals surface area contributed by atoms with Crippen LogP contribution < -0.4 is 10.1 Å². The van der Waals surface area contributed by atoms with Crippen molar-refractivity contribution < 1.29 is 13.5 Å². The zero-order valence-corrected chi connectivity index (χ0v) is 8.68. The van der Waals surface area contributed by atoms with Gasteiger partial charge in [-0.15, -0.1) is 0 Å². The van der Waals surface area contributed by atoms with Crippen molar-refractivity contribution in [1.29, 1.82) is 0 Å².